The Morgan fingerprint density at radius 1 is 1.52 bits per heavy atom. The van der Waals surface area contributed by atoms with Gasteiger partial charge in [-0.2, -0.15) is 5.26 Å². The van der Waals surface area contributed by atoms with Crippen molar-refractivity contribution >= 4 is 36.6 Å². The van der Waals surface area contributed by atoms with Crippen LogP contribution in [0.1, 0.15) is 19.4 Å². The van der Waals surface area contributed by atoms with Crippen molar-refractivity contribution in [2.24, 2.45) is 4.99 Å². The van der Waals surface area contributed by atoms with Gasteiger partial charge in [-0.25, -0.2) is 14.1 Å². The molecule has 0 heterocycles. The number of aliphatic imine (C=N–C) groups is 1. The van der Waals surface area contributed by atoms with Crippen LogP contribution < -0.4 is 9.62 Å². The zero-order chi connectivity index (χ0) is 17.6. The fourth-order valence-corrected chi connectivity index (χ4v) is 1.71. The zero-order valence-electron chi connectivity index (χ0n) is 13.6. The van der Waals surface area contributed by atoms with Gasteiger partial charge in [0.15, 0.2) is 0 Å². The fourth-order valence-electron chi connectivity index (χ4n) is 1.53. The SMILES string of the molecule is CN(C)C=Nc1ccc(N(S)C(=O)NC(C)(C)CO)cc1C#N. The zero-order valence-corrected chi connectivity index (χ0v) is 14.5. The number of amides is 2. The van der Waals surface area contributed by atoms with E-state index in [1.807, 2.05) is 20.2 Å². The smallest absolute Gasteiger partial charge is 0.332 e. The molecular weight excluding hydrogens is 314 g/mol. The topological polar surface area (TPSA) is 92.0 Å². The minimum atomic E-state index is -0.772. The summed E-state index contributed by atoms with van der Waals surface area (Å²) in [6, 6.07) is 6.36. The molecule has 0 saturated carbocycles. The van der Waals surface area contributed by atoms with Crippen molar-refractivity contribution in [2.75, 3.05) is 25.0 Å². The molecule has 1 aromatic rings. The van der Waals surface area contributed by atoms with Gasteiger partial charge < -0.3 is 15.3 Å². The van der Waals surface area contributed by atoms with Crippen molar-refractivity contribution in [3.05, 3.63) is 23.8 Å². The van der Waals surface area contributed by atoms with Gasteiger partial charge in [-0.15, -0.1) is 0 Å². The van der Waals surface area contributed by atoms with Crippen molar-refractivity contribution < 1.29 is 9.90 Å². The predicted octanol–water partition coefficient (Wildman–Crippen LogP) is 1.91. The Labute approximate surface area is 141 Å². The average Bonchev–Trinajstić information content (AvgIpc) is 2.51. The van der Waals surface area contributed by atoms with Crippen molar-refractivity contribution in [3.63, 3.8) is 0 Å². The van der Waals surface area contributed by atoms with E-state index in [4.69, 9.17) is 0 Å². The molecule has 0 aliphatic carbocycles. The number of nitrogens with one attached hydrogen (secondary N) is 1. The molecule has 0 unspecified atom stereocenters. The lowest BCUT2D eigenvalue weighted by Crippen LogP contribution is -2.49. The summed E-state index contributed by atoms with van der Waals surface area (Å²) in [5, 5.41) is 21.1. The molecule has 0 aromatic heterocycles. The highest BCUT2D eigenvalue weighted by Crippen LogP contribution is 2.26. The molecule has 1 rings (SSSR count). The summed E-state index contributed by atoms with van der Waals surface area (Å²) in [6.07, 6.45) is 1.59. The summed E-state index contributed by atoms with van der Waals surface area (Å²) in [4.78, 5) is 18.1. The van der Waals surface area contributed by atoms with Gasteiger partial charge in [0.25, 0.3) is 0 Å². The van der Waals surface area contributed by atoms with Crippen LogP contribution in [0.5, 0.6) is 0 Å². The molecule has 2 N–H and O–H groups in total. The number of aliphatic hydroxyl groups excluding tert-OH is 1. The number of carbonyl (C=O) groups is 1. The first-order valence-electron chi connectivity index (χ1n) is 6.87. The normalized spacial score (nSPS) is 11.2. The Morgan fingerprint density at radius 2 is 2.17 bits per heavy atom. The van der Waals surface area contributed by atoms with Gasteiger partial charge in [0.1, 0.15) is 6.07 Å². The number of rotatable bonds is 5. The number of aliphatic hydroxyl groups is 1. The van der Waals surface area contributed by atoms with Crippen LogP contribution in [0.4, 0.5) is 16.2 Å². The lowest BCUT2D eigenvalue weighted by molar-refractivity contribution is 0.186. The van der Waals surface area contributed by atoms with E-state index >= 15 is 0 Å². The Morgan fingerprint density at radius 3 is 2.70 bits per heavy atom. The van der Waals surface area contributed by atoms with E-state index < -0.39 is 11.6 Å². The first kappa shape index (κ1) is 18.8. The van der Waals surface area contributed by atoms with Gasteiger partial charge in [0.05, 0.1) is 35.4 Å². The van der Waals surface area contributed by atoms with Crippen LogP contribution >= 0.6 is 12.8 Å². The third-order valence-electron chi connectivity index (χ3n) is 2.81. The first-order valence-corrected chi connectivity index (χ1v) is 7.27. The molecule has 0 spiro atoms. The van der Waals surface area contributed by atoms with Crippen LogP contribution in [-0.2, 0) is 0 Å². The molecule has 8 heteroatoms. The molecule has 0 radical (unpaired) electrons. The number of thiol groups is 1. The largest absolute Gasteiger partial charge is 0.394 e. The molecule has 0 bridgehead atoms. The maximum absolute atomic E-state index is 12.1. The number of hydrogen-bond donors (Lipinski definition) is 3. The Kier molecular flexibility index (Phi) is 6.42. The molecule has 0 aliphatic heterocycles. The van der Waals surface area contributed by atoms with Crippen LogP contribution in [0.2, 0.25) is 0 Å². The van der Waals surface area contributed by atoms with Gasteiger partial charge in [0.2, 0.25) is 0 Å². The second kappa shape index (κ2) is 7.85. The van der Waals surface area contributed by atoms with Crippen LogP contribution in [0, 0.1) is 11.3 Å². The van der Waals surface area contributed by atoms with Crippen molar-refractivity contribution in [3.8, 4) is 6.07 Å². The number of hydrogen-bond acceptors (Lipinski definition) is 5. The maximum atomic E-state index is 12.1. The van der Waals surface area contributed by atoms with Crippen molar-refractivity contribution in [2.45, 2.75) is 19.4 Å². The quantitative estimate of drug-likeness (QED) is 0.435. The molecule has 0 saturated heterocycles. The predicted molar refractivity (Wildman–Crippen MR) is 94.2 cm³/mol. The third-order valence-corrected chi connectivity index (χ3v) is 3.22. The summed E-state index contributed by atoms with van der Waals surface area (Å²) in [5.74, 6) is 0. The Balaban J connectivity index is 3.01. The Bertz CT molecular complexity index is 637. The highest BCUT2D eigenvalue weighted by atomic mass is 32.1. The number of carbonyl (C=O) groups excluding carboxylic acids is 1. The standard InChI is InChI=1S/C15H21N5O2S/c1-15(2,9-21)18-14(22)20(23)12-5-6-13(11(7-12)8-16)17-10-19(3)4/h5-7,10,21,23H,9H2,1-4H3,(H,18,22). The van der Waals surface area contributed by atoms with Crippen LogP contribution in [0.25, 0.3) is 0 Å². The Hall–Kier alpha value is -2.24. The van der Waals surface area contributed by atoms with E-state index in [9.17, 15) is 15.2 Å². The highest BCUT2D eigenvalue weighted by molar-refractivity contribution is 7.82. The maximum Gasteiger partial charge on any atom is 0.332 e. The van der Waals surface area contributed by atoms with Crippen molar-refractivity contribution in [1.82, 2.24) is 10.2 Å². The van der Waals surface area contributed by atoms with Crippen LogP contribution in [0.3, 0.4) is 0 Å². The van der Waals surface area contributed by atoms with Crippen LogP contribution in [0.15, 0.2) is 23.2 Å². The molecule has 1 aromatic carbocycles. The summed E-state index contributed by atoms with van der Waals surface area (Å²) in [7, 11) is 3.65. The molecule has 0 aliphatic rings. The number of anilines is 1. The van der Waals surface area contributed by atoms with Gasteiger partial charge in [-0.3, -0.25) is 0 Å². The highest BCUT2D eigenvalue weighted by Gasteiger charge is 2.23. The van der Waals surface area contributed by atoms with E-state index in [-0.39, 0.29) is 6.61 Å². The molecular formula is C15H21N5O2S. The van der Waals surface area contributed by atoms with Crippen molar-refractivity contribution in [1.29, 1.82) is 5.26 Å². The fraction of sp³-hybridized carbons (Fsp3) is 0.400. The van der Waals surface area contributed by atoms with E-state index in [1.165, 1.54) is 6.07 Å². The third kappa shape index (κ3) is 5.47. The van der Waals surface area contributed by atoms with E-state index in [0.717, 1.165) is 4.31 Å². The molecule has 0 fully saturated rings. The first-order chi connectivity index (χ1) is 10.7. The summed E-state index contributed by atoms with van der Waals surface area (Å²) < 4.78 is 1.08. The van der Waals surface area contributed by atoms with Gasteiger partial charge >= 0.3 is 6.03 Å². The second-order valence-electron chi connectivity index (χ2n) is 5.81. The molecule has 2 amide bonds. The van der Waals surface area contributed by atoms with Crippen LogP contribution in [-0.4, -0.2) is 48.6 Å². The molecule has 23 heavy (non-hydrogen) atoms. The summed E-state index contributed by atoms with van der Waals surface area (Å²) in [5.41, 5.74) is 0.489. The van der Waals surface area contributed by atoms with E-state index in [2.05, 4.69) is 23.1 Å². The number of urea groups is 1. The minimum absolute atomic E-state index is 0.206. The van der Waals surface area contributed by atoms with E-state index in [1.54, 1.807) is 37.2 Å². The van der Waals surface area contributed by atoms with Gasteiger partial charge in [-0.05, 0) is 32.0 Å². The number of nitriles is 1. The monoisotopic (exact) mass is 335 g/mol. The molecule has 7 nitrogen and oxygen atoms in total. The summed E-state index contributed by atoms with van der Waals surface area (Å²) >= 11 is 4.15. The number of nitrogens with zero attached hydrogens (tertiary/aromatic N) is 4. The second-order valence-corrected chi connectivity index (χ2v) is 6.21. The lowest BCUT2D eigenvalue weighted by atomic mass is 10.1. The van der Waals surface area contributed by atoms with Gasteiger partial charge in [-0.1, -0.05) is 12.8 Å². The molecule has 0 atom stereocenters. The lowest BCUT2D eigenvalue weighted by Gasteiger charge is -2.26. The summed E-state index contributed by atoms with van der Waals surface area (Å²) in [6.45, 7) is 3.17. The van der Waals surface area contributed by atoms with Gasteiger partial charge in [0, 0.05) is 14.1 Å². The molecule has 124 valence electrons. The minimum Gasteiger partial charge on any atom is -0.394 e. The van der Waals surface area contributed by atoms with E-state index in [0.29, 0.717) is 16.9 Å². The number of benzene rings is 1. The average molecular weight is 335 g/mol.